The summed E-state index contributed by atoms with van der Waals surface area (Å²) in [5, 5.41) is 2.70. The molecule has 1 aromatic heterocycles. The van der Waals surface area contributed by atoms with Gasteiger partial charge in [-0.2, -0.15) is 0 Å². The number of nitrogens with zero attached hydrogens (tertiary/aromatic N) is 1. The first-order chi connectivity index (χ1) is 10.6. The van der Waals surface area contributed by atoms with Crippen LogP contribution < -0.4 is 19.5 Å². The molecular formula is C15H15BrN2O4. The molecule has 0 bridgehead atoms. The number of nitrogens with one attached hydrogen (secondary N) is 1. The summed E-state index contributed by atoms with van der Waals surface area (Å²) >= 11 is 3.29. The number of anilines is 1. The van der Waals surface area contributed by atoms with Gasteiger partial charge in [0, 0.05) is 22.8 Å². The van der Waals surface area contributed by atoms with Gasteiger partial charge in [-0.15, -0.1) is 0 Å². The normalized spacial score (nSPS) is 10.0. The fraction of sp³-hybridized carbons (Fsp3) is 0.200. The molecule has 0 aliphatic rings. The number of hydrogen-bond donors (Lipinski definition) is 1. The third-order valence-electron chi connectivity index (χ3n) is 2.92. The van der Waals surface area contributed by atoms with Crippen molar-refractivity contribution < 1.29 is 19.0 Å². The lowest BCUT2D eigenvalue weighted by Gasteiger charge is -2.13. The van der Waals surface area contributed by atoms with Crippen molar-refractivity contribution in [2.75, 3.05) is 26.6 Å². The fourth-order valence-corrected chi connectivity index (χ4v) is 2.07. The fourth-order valence-electron chi connectivity index (χ4n) is 1.84. The van der Waals surface area contributed by atoms with Crippen LogP contribution in [0, 0.1) is 0 Å². The summed E-state index contributed by atoms with van der Waals surface area (Å²) in [6.45, 7) is 0. The average molecular weight is 367 g/mol. The summed E-state index contributed by atoms with van der Waals surface area (Å²) in [5.41, 5.74) is 0.324. The van der Waals surface area contributed by atoms with Gasteiger partial charge < -0.3 is 19.5 Å². The van der Waals surface area contributed by atoms with Crippen LogP contribution in [0.1, 0.15) is 10.4 Å². The zero-order chi connectivity index (χ0) is 16.1. The maximum atomic E-state index is 12.4. The van der Waals surface area contributed by atoms with E-state index in [0.29, 0.717) is 28.6 Å². The maximum absolute atomic E-state index is 12.4. The van der Waals surface area contributed by atoms with Crippen molar-refractivity contribution in [3.63, 3.8) is 0 Å². The number of aromatic nitrogens is 1. The maximum Gasteiger partial charge on any atom is 0.260 e. The van der Waals surface area contributed by atoms with Crippen molar-refractivity contribution in [2.45, 2.75) is 0 Å². The molecule has 6 nitrogen and oxygen atoms in total. The number of rotatable bonds is 5. The molecule has 0 radical (unpaired) electrons. The second-order valence-corrected chi connectivity index (χ2v) is 5.14. The SMILES string of the molecule is COc1cc(OC)c(C(=O)Nc2ccc(Br)cn2)cc1OC. The Morgan fingerprint density at radius 1 is 1.05 bits per heavy atom. The first-order valence-electron chi connectivity index (χ1n) is 6.32. The number of pyridine rings is 1. The quantitative estimate of drug-likeness (QED) is 0.880. The van der Waals surface area contributed by atoms with E-state index >= 15 is 0 Å². The largest absolute Gasteiger partial charge is 0.496 e. The molecule has 1 N–H and O–H groups in total. The van der Waals surface area contributed by atoms with Crippen molar-refractivity contribution in [2.24, 2.45) is 0 Å². The Morgan fingerprint density at radius 2 is 1.68 bits per heavy atom. The van der Waals surface area contributed by atoms with E-state index in [1.54, 1.807) is 30.5 Å². The van der Waals surface area contributed by atoms with Crippen molar-refractivity contribution >= 4 is 27.7 Å². The van der Waals surface area contributed by atoms with Crippen LogP contribution >= 0.6 is 15.9 Å². The molecule has 1 aromatic carbocycles. The lowest BCUT2D eigenvalue weighted by molar-refractivity contribution is 0.102. The van der Waals surface area contributed by atoms with Gasteiger partial charge in [0.2, 0.25) is 0 Å². The Bertz CT molecular complexity index is 674. The van der Waals surface area contributed by atoms with E-state index in [4.69, 9.17) is 14.2 Å². The topological polar surface area (TPSA) is 69.7 Å². The Hall–Kier alpha value is -2.28. The van der Waals surface area contributed by atoms with E-state index in [-0.39, 0.29) is 5.91 Å². The molecule has 0 aliphatic heterocycles. The molecule has 1 heterocycles. The molecule has 1 amide bonds. The smallest absolute Gasteiger partial charge is 0.260 e. The predicted octanol–water partition coefficient (Wildman–Crippen LogP) is 3.12. The summed E-state index contributed by atoms with van der Waals surface area (Å²) in [5.74, 6) is 1.39. The summed E-state index contributed by atoms with van der Waals surface area (Å²) in [6.07, 6.45) is 1.60. The van der Waals surface area contributed by atoms with Crippen LogP contribution in [0.25, 0.3) is 0 Å². The summed E-state index contributed by atoms with van der Waals surface area (Å²) < 4.78 is 16.5. The molecule has 0 saturated heterocycles. The highest BCUT2D eigenvalue weighted by Crippen LogP contribution is 2.34. The molecule has 7 heteroatoms. The number of carbonyl (C=O) groups excluding carboxylic acids is 1. The van der Waals surface area contributed by atoms with Crippen LogP contribution in [-0.4, -0.2) is 32.2 Å². The highest BCUT2D eigenvalue weighted by molar-refractivity contribution is 9.10. The minimum absolute atomic E-state index is 0.324. The first-order valence-corrected chi connectivity index (χ1v) is 7.11. The highest BCUT2D eigenvalue weighted by Gasteiger charge is 2.18. The Balaban J connectivity index is 2.33. The van der Waals surface area contributed by atoms with E-state index in [9.17, 15) is 4.79 Å². The molecule has 0 atom stereocenters. The van der Waals surface area contributed by atoms with E-state index in [2.05, 4.69) is 26.2 Å². The summed E-state index contributed by atoms with van der Waals surface area (Å²) in [6, 6.07) is 6.64. The lowest BCUT2D eigenvalue weighted by Crippen LogP contribution is -2.14. The van der Waals surface area contributed by atoms with E-state index < -0.39 is 0 Å². The van der Waals surface area contributed by atoms with Crippen LogP contribution in [0.4, 0.5) is 5.82 Å². The average Bonchev–Trinajstić information content (AvgIpc) is 2.55. The lowest BCUT2D eigenvalue weighted by atomic mass is 10.1. The molecule has 2 aromatic rings. The van der Waals surface area contributed by atoms with Gasteiger partial charge in [0.05, 0.1) is 26.9 Å². The van der Waals surface area contributed by atoms with Gasteiger partial charge >= 0.3 is 0 Å². The minimum Gasteiger partial charge on any atom is -0.496 e. The third-order valence-corrected chi connectivity index (χ3v) is 3.39. The monoisotopic (exact) mass is 366 g/mol. The summed E-state index contributed by atoms with van der Waals surface area (Å²) in [4.78, 5) is 16.5. The van der Waals surface area contributed by atoms with Gasteiger partial charge in [0.15, 0.2) is 11.5 Å². The Labute approximate surface area is 136 Å². The number of ether oxygens (including phenoxy) is 3. The molecule has 116 valence electrons. The molecule has 22 heavy (non-hydrogen) atoms. The van der Waals surface area contributed by atoms with E-state index in [0.717, 1.165) is 4.47 Å². The molecule has 0 spiro atoms. The predicted molar refractivity (Wildman–Crippen MR) is 86.0 cm³/mol. The second-order valence-electron chi connectivity index (χ2n) is 4.22. The zero-order valence-corrected chi connectivity index (χ0v) is 13.9. The van der Waals surface area contributed by atoms with Gasteiger partial charge in [-0.1, -0.05) is 0 Å². The second kappa shape index (κ2) is 7.13. The molecule has 0 aliphatic carbocycles. The molecule has 2 rings (SSSR count). The van der Waals surface area contributed by atoms with Gasteiger partial charge in [0.1, 0.15) is 11.6 Å². The van der Waals surface area contributed by atoms with E-state index in [1.807, 2.05) is 0 Å². The molecular weight excluding hydrogens is 352 g/mol. The number of amides is 1. The van der Waals surface area contributed by atoms with Gasteiger partial charge in [0.25, 0.3) is 5.91 Å². The molecule has 0 fully saturated rings. The first kappa shape index (κ1) is 16.1. The van der Waals surface area contributed by atoms with Crippen LogP contribution in [0.3, 0.4) is 0 Å². The molecule has 0 saturated carbocycles. The van der Waals surface area contributed by atoms with Crippen LogP contribution in [0.2, 0.25) is 0 Å². The van der Waals surface area contributed by atoms with Gasteiger partial charge in [-0.05, 0) is 28.1 Å². The van der Waals surface area contributed by atoms with Crippen molar-refractivity contribution in [3.8, 4) is 17.2 Å². The number of benzene rings is 1. The number of halogens is 1. The number of methoxy groups -OCH3 is 3. The van der Waals surface area contributed by atoms with Crippen molar-refractivity contribution in [1.29, 1.82) is 0 Å². The number of carbonyl (C=O) groups is 1. The highest BCUT2D eigenvalue weighted by atomic mass is 79.9. The van der Waals surface area contributed by atoms with Gasteiger partial charge in [-0.3, -0.25) is 4.79 Å². The van der Waals surface area contributed by atoms with Crippen LogP contribution in [-0.2, 0) is 0 Å². The standard InChI is InChI=1S/C15H15BrN2O4/c1-20-11-7-13(22-3)12(21-2)6-10(11)15(19)18-14-5-4-9(16)8-17-14/h4-8H,1-3H3,(H,17,18,19). The van der Waals surface area contributed by atoms with Crippen LogP contribution in [0.15, 0.2) is 34.9 Å². The third kappa shape index (κ3) is 3.48. The summed E-state index contributed by atoms with van der Waals surface area (Å²) in [7, 11) is 4.50. The Morgan fingerprint density at radius 3 is 2.23 bits per heavy atom. The van der Waals surface area contributed by atoms with Crippen LogP contribution in [0.5, 0.6) is 17.2 Å². The Kier molecular flexibility index (Phi) is 5.21. The van der Waals surface area contributed by atoms with E-state index in [1.165, 1.54) is 21.3 Å². The van der Waals surface area contributed by atoms with Crippen molar-refractivity contribution in [3.05, 3.63) is 40.5 Å². The minimum atomic E-state index is -0.354. The zero-order valence-electron chi connectivity index (χ0n) is 12.3. The van der Waals surface area contributed by atoms with Gasteiger partial charge in [-0.25, -0.2) is 4.98 Å². The number of hydrogen-bond acceptors (Lipinski definition) is 5. The van der Waals surface area contributed by atoms with Crippen molar-refractivity contribution in [1.82, 2.24) is 4.98 Å². The molecule has 0 unspecified atom stereocenters.